The van der Waals surface area contributed by atoms with E-state index in [1.807, 2.05) is 0 Å². The maximum atomic E-state index is 12.1. The molecule has 156 valence electrons. The third-order valence-corrected chi connectivity index (χ3v) is 6.74. The molecule has 4 nitrogen and oxygen atoms in total. The van der Waals surface area contributed by atoms with Crippen LogP contribution in [0.2, 0.25) is 0 Å². The van der Waals surface area contributed by atoms with Crippen molar-refractivity contribution in [2.75, 3.05) is 6.61 Å². The summed E-state index contributed by atoms with van der Waals surface area (Å²) in [6.07, 6.45) is 19.4. The van der Waals surface area contributed by atoms with Crippen LogP contribution in [0, 0.1) is 5.41 Å². The lowest BCUT2D eigenvalue weighted by Gasteiger charge is -2.69. The van der Waals surface area contributed by atoms with Gasteiger partial charge >= 0.3 is 0 Å². The number of aliphatic hydroxyl groups is 1. The summed E-state index contributed by atoms with van der Waals surface area (Å²) in [5, 5.41) is 11.9. The van der Waals surface area contributed by atoms with Crippen LogP contribution in [-0.4, -0.2) is 28.9 Å². The van der Waals surface area contributed by atoms with Crippen molar-refractivity contribution in [3.63, 3.8) is 0 Å². The van der Waals surface area contributed by atoms with E-state index < -0.39 is 0 Å². The predicted octanol–water partition coefficient (Wildman–Crippen LogP) is 5.07. The molecule has 0 radical (unpaired) electrons. The molecule has 3 fully saturated rings. The molecule has 3 saturated carbocycles. The van der Waals surface area contributed by atoms with Crippen LogP contribution in [0.1, 0.15) is 116 Å². The second-order valence-corrected chi connectivity index (χ2v) is 9.27. The first-order valence-corrected chi connectivity index (χ1v) is 11.4. The summed E-state index contributed by atoms with van der Waals surface area (Å²) in [7, 11) is 0. The number of unbranched alkanes of at least 4 members (excludes halogenated alkanes) is 12. The number of carbonyl (C=O) groups is 2. The molecule has 4 heteroatoms. The predicted molar refractivity (Wildman–Crippen MR) is 110 cm³/mol. The molecule has 0 aromatic carbocycles. The second kappa shape index (κ2) is 11.2. The zero-order valence-electron chi connectivity index (χ0n) is 17.5. The number of amides is 1. The first kappa shape index (κ1) is 22.4. The summed E-state index contributed by atoms with van der Waals surface area (Å²) >= 11 is 0. The van der Waals surface area contributed by atoms with Crippen molar-refractivity contribution in [3.8, 4) is 0 Å². The molecule has 3 rings (SSSR count). The summed E-state index contributed by atoms with van der Waals surface area (Å²) in [5.41, 5.74) is -0.0746. The summed E-state index contributed by atoms with van der Waals surface area (Å²) < 4.78 is 0. The van der Waals surface area contributed by atoms with E-state index in [0.29, 0.717) is 18.8 Å². The molecule has 0 spiro atoms. The Morgan fingerprint density at radius 2 is 1.15 bits per heavy atom. The van der Waals surface area contributed by atoms with Gasteiger partial charge in [0.05, 0.1) is 0 Å². The topological polar surface area (TPSA) is 66.4 Å². The van der Waals surface area contributed by atoms with Gasteiger partial charge in [-0.2, -0.15) is 0 Å². The minimum Gasteiger partial charge on any atom is -0.396 e. The average Bonchev–Trinajstić information content (AvgIpc) is 2.56. The molecule has 1 amide bonds. The van der Waals surface area contributed by atoms with Crippen molar-refractivity contribution in [1.82, 2.24) is 5.32 Å². The number of aliphatic hydroxyl groups excluding tert-OH is 1. The van der Waals surface area contributed by atoms with Crippen molar-refractivity contribution in [1.29, 1.82) is 0 Å². The number of ketones is 1. The van der Waals surface area contributed by atoms with Gasteiger partial charge in [0.15, 0.2) is 0 Å². The number of nitrogens with one attached hydrogen (secondary N) is 1. The molecular weight excluding hydrogens is 338 g/mol. The number of hydrogen-bond donors (Lipinski definition) is 2. The Labute approximate surface area is 165 Å². The molecular formula is C23H41NO3. The Morgan fingerprint density at radius 3 is 1.56 bits per heavy atom. The lowest BCUT2D eigenvalue weighted by molar-refractivity contribution is -0.179. The Balaban J connectivity index is 1.31. The van der Waals surface area contributed by atoms with Crippen LogP contribution < -0.4 is 5.32 Å². The number of Topliss-reactive ketones (excluding diaryl/α,β-unsaturated/α-hetero) is 1. The van der Waals surface area contributed by atoms with Gasteiger partial charge in [0.1, 0.15) is 5.78 Å². The quantitative estimate of drug-likeness (QED) is 0.347. The first-order chi connectivity index (χ1) is 13.0. The molecule has 0 aromatic rings. The highest BCUT2D eigenvalue weighted by Gasteiger charge is 2.70. The fraction of sp³-hybridized carbons (Fsp3) is 0.913. The molecule has 0 saturated heterocycles. The second-order valence-electron chi connectivity index (χ2n) is 9.27. The van der Waals surface area contributed by atoms with Crippen LogP contribution in [0.4, 0.5) is 0 Å². The van der Waals surface area contributed by atoms with E-state index in [1.165, 1.54) is 64.2 Å². The standard InChI is InChI=1S/C23H41NO3/c1-20(26)22-17-23(18-22,19-22)24-21(27)15-13-11-9-7-5-3-2-4-6-8-10-12-14-16-25/h25H,2-19H2,1H3,(H,24,27). The van der Waals surface area contributed by atoms with Gasteiger partial charge in [0, 0.05) is 24.0 Å². The number of hydrogen-bond acceptors (Lipinski definition) is 3. The first-order valence-electron chi connectivity index (χ1n) is 11.4. The third kappa shape index (κ3) is 6.89. The van der Waals surface area contributed by atoms with E-state index in [-0.39, 0.29) is 16.9 Å². The maximum Gasteiger partial charge on any atom is 0.220 e. The summed E-state index contributed by atoms with van der Waals surface area (Å²) in [6.45, 7) is 2.03. The Bertz CT molecular complexity index is 454. The van der Waals surface area contributed by atoms with E-state index in [9.17, 15) is 9.59 Å². The van der Waals surface area contributed by atoms with Crippen molar-refractivity contribution < 1.29 is 14.7 Å². The minimum absolute atomic E-state index is 0.0123. The van der Waals surface area contributed by atoms with Gasteiger partial charge in [0.25, 0.3) is 0 Å². The molecule has 27 heavy (non-hydrogen) atoms. The van der Waals surface area contributed by atoms with E-state index >= 15 is 0 Å². The maximum absolute atomic E-state index is 12.1. The summed E-state index contributed by atoms with van der Waals surface area (Å²) in [5.74, 6) is 0.488. The third-order valence-electron chi connectivity index (χ3n) is 6.74. The zero-order chi connectivity index (χ0) is 19.6. The molecule has 0 heterocycles. The minimum atomic E-state index is -0.0623. The SMILES string of the molecule is CC(=O)C12CC(NC(=O)CCCCCCCCCCCCCCCO)(C1)C2. The number of carbonyl (C=O) groups excluding carboxylic acids is 2. The number of rotatable bonds is 17. The fourth-order valence-electron chi connectivity index (χ4n) is 4.99. The van der Waals surface area contributed by atoms with Gasteiger partial charge in [-0.05, 0) is 39.0 Å². The normalized spacial score (nSPS) is 25.6. The highest BCUT2D eigenvalue weighted by molar-refractivity contribution is 5.88. The van der Waals surface area contributed by atoms with Crippen LogP contribution in [0.3, 0.4) is 0 Å². The van der Waals surface area contributed by atoms with Crippen LogP contribution in [0.15, 0.2) is 0 Å². The highest BCUT2D eigenvalue weighted by atomic mass is 16.3. The summed E-state index contributed by atoms with van der Waals surface area (Å²) in [6, 6.07) is 0. The molecule has 2 bridgehead atoms. The van der Waals surface area contributed by atoms with E-state index in [2.05, 4.69) is 5.32 Å². The van der Waals surface area contributed by atoms with Crippen LogP contribution in [0.25, 0.3) is 0 Å². The molecule has 0 atom stereocenters. The molecule has 0 unspecified atom stereocenters. The Kier molecular flexibility index (Phi) is 9.28. The molecule has 3 aliphatic carbocycles. The molecule has 0 aromatic heterocycles. The molecule has 3 aliphatic rings. The van der Waals surface area contributed by atoms with Crippen molar-refractivity contribution in [2.24, 2.45) is 5.41 Å². The Hall–Kier alpha value is -0.900. The van der Waals surface area contributed by atoms with Gasteiger partial charge < -0.3 is 10.4 Å². The monoisotopic (exact) mass is 379 g/mol. The van der Waals surface area contributed by atoms with Gasteiger partial charge in [-0.15, -0.1) is 0 Å². The highest BCUT2D eigenvalue weighted by Crippen LogP contribution is 2.67. The van der Waals surface area contributed by atoms with Crippen molar-refractivity contribution >= 4 is 11.7 Å². The van der Waals surface area contributed by atoms with Crippen LogP contribution in [0.5, 0.6) is 0 Å². The van der Waals surface area contributed by atoms with Gasteiger partial charge in [-0.3, -0.25) is 9.59 Å². The smallest absolute Gasteiger partial charge is 0.220 e. The van der Waals surface area contributed by atoms with Gasteiger partial charge in [0.2, 0.25) is 5.91 Å². The van der Waals surface area contributed by atoms with E-state index in [4.69, 9.17) is 5.11 Å². The average molecular weight is 380 g/mol. The lowest BCUT2D eigenvalue weighted by Crippen LogP contribution is -2.76. The van der Waals surface area contributed by atoms with Gasteiger partial charge in [-0.1, -0.05) is 70.6 Å². The fourth-order valence-corrected chi connectivity index (χ4v) is 4.99. The van der Waals surface area contributed by atoms with Gasteiger partial charge in [-0.25, -0.2) is 0 Å². The van der Waals surface area contributed by atoms with E-state index in [0.717, 1.165) is 38.5 Å². The van der Waals surface area contributed by atoms with E-state index in [1.54, 1.807) is 6.92 Å². The Morgan fingerprint density at radius 1 is 0.741 bits per heavy atom. The van der Waals surface area contributed by atoms with Crippen molar-refractivity contribution in [3.05, 3.63) is 0 Å². The van der Waals surface area contributed by atoms with Crippen LogP contribution >= 0.6 is 0 Å². The van der Waals surface area contributed by atoms with Crippen molar-refractivity contribution in [2.45, 2.75) is 122 Å². The lowest BCUT2D eigenvalue weighted by atomic mass is 9.38. The summed E-state index contributed by atoms with van der Waals surface area (Å²) in [4.78, 5) is 23.6. The zero-order valence-corrected chi connectivity index (χ0v) is 17.5. The molecule has 0 aliphatic heterocycles. The largest absolute Gasteiger partial charge is 0.396 e. The molecule has 2 N–H and O–H groups in total. The van der Waals surface area contributed by atoms with Crippen LogP contribution in [-0.2, 0) is 9.59 Å².